The second kappa shape index (κ2) is 15.6. The van der Waals surface area contributed by atoms with E-state index < -0.39 is 0 Å². The standard InChI is InChI=1S/C24H38N2OS/c1-2-3-4-5-6-7-8-9-10-14-19-27-23(20-26-18-17-25-22-26)21-28-24-15-12-11-13-16-24/h11-13,15-18,22-23H,2-10,14,19-21H2,1H3. The second-order valence-electron chi connectivity index (χ2n) is 7.56. The Hall–Kier alpha value is -1.26. The smallest absolute Gasteiger partial charge is 0.0946 e. The van der Waals surface area contributed by atoms with Crippen LogP contribution in [0.15, 0.2) is 53.9 Å². The van der Waals surface area contributed by atoms with Crippen LogP contribution in [0, 0.1) is 0 Å². The van der Waals surface area contributed by atoms with Crippen LogP contribution >= 0.6 is 11.8 Å². The van der Waals surface area contributed by atoms with Gasteiger partial charge in [0, 0.05) is 29.6 Å². The van der Waals surface area contributed by atoms with Gasteiger partial charge in [-0.25, -0.2) is 4.98 Å². The van der Waals surface area contributed by atoms with Gasteiger partial charge in [0.1, 0.15) is 0 Å². The van der Waals surface area contributed by atoms with Crippen LogP contribution in [0.25, 0.3) is 0 Å². The molecule has 0 amide bonds. The molecular weight excluding hydrogens is 364 g/mol. The molecule has 3 nitrogen and oxygen atoms in total. The molecule has 156 valence electrons. The molecule has 1 heterocycles. The van der Waals surface area contributed by atoms with Crippen LogP contribution in [0.3, 0.4) is 0 Å². The number of imidazole rings is 1. The Bertz CT molecular complexity index is 574. The number of unbranched alkanes of at least 4 members (excludes halogenated alkanes) is 9. The van der Waals surface area contributed by atoms with Crippen molar-refractivity contribution in [3.8, 4) is 0 Å². The average molecular weight is 403 g/mol. The van der Waals surface area contributed by atoms with Crippen molar-refractivity contribution >= 4 is 11.8 Å². The second-order valence-corrected chi connectivity index (χ2v) is 8.65. The summed E-state index contributed by atoms with van der Waals surface area (Å²) in [5.41, 5.74) is 0. The van der Waals surface area contributed by atoms with Gasteiger partial charge >= 0.3 is 0 Å². The first-order chi connectivity index (χ1) is 13.9. The fraction of sp³-hybridized carbons (Fsp3) is 0.625. The van der Waals surface area contributed by atoms with Gasteiger partial charge in [-0.1, -0.05) is 82.9 Å². The molecule has 0 aliphatic rings. The molecule has 0 aliphatic heterocycles. The van der Waals surface area contributed by atoms with Crippen LogP contribution in [0.1, 0.15) is 71.1 Å². The molecule has 4 heteroatoms. The van der Waals surface area contributed by atoms with E-state index in [4.69, 9.17) is 4.74 Å². The van der Waals surface area contributed by atoms with Gasteiger partial charge in [-0.15, -0.1) is 11.8 Å². The molecule has 0 radical (unpaired) electrons. The van der Waals surface area contributed by atoms with E-state index in [-0.39, 0.29) is 6.10 Å². The lowest BCUT2D eigenvalue weighted by Crippen LogP contribution is -2.23. The van der Waals surface area contributed by atoms with Crippen molar-refractivity contribution in [3.05, 3.63) is 49.1 Å². The van der Waals surface area contributed by atoms with E-state index >= 15 is 0 Å². The van der Waals surface area contributed by atoms with E-state index in [2.05, 4.69) is 46.8 Å². The minimum Gasteiger partial charge on any atom is -0.375 e. The third kappa shape index (κ3) is 10.9. The number of rotatable bonds is 17. The first-order valence-electron chi connectivity index (χ1n) is 11.1. The fourth-order valence-electron chi connectivity index (χ4n) is 3.33. The van der Waals surface area contributed by atoms with Crippen molar-refractivity contribution in [2.24, 2.45) is 0 Å². The topological polar surface area (TPSA) is 27.1 Å². The van der Waals surface area contributed by atoms with Gasteiger partial charge in [-0.05, 0) is 18.6 Å². The van der Waals surface area contributed by atoms with Gasteiger partial charge in [0.25, 0.3) is 0 Å². The molecule has 0 bridgehead atoms. The summed E-state index contributed by atoms with van der Waals surface area (Å²) in [6.07, 6.45) is 19.6. The molecule has 1 aromatic carbocycles. The number of hydrogen-bond acceptors (Lipinski definition) is 3. The van der Waals surface area contributed by atoms with Crippen LogP contribution in [-0.2, 0) is 11.3 Å². The Morgan fingerprint density at radius 2 is 1.61 bits per heavy atom. The van der Waals surface area contributed by atoms with Gasteiger partial charge < -0.3 is 9.30 Å². The van der Waals surface area contributed by atoms with Crippen LogP contribution < -0.4 is 0 Å². The Morgan fingerprint density at radius 1 is 0.929 bits per heavy atom. The summed E-state index contributed by atoms with van der Waals surface area (Å²) in [6.45, 7) is 4.02. The molecule has 1 unspecified atom stereocenters. The number of hydrogen-bond donors (Lipinski definition) is 0. The molecule has 0 aliphatic carbocycles. The van der Waals surface area contributed by atoms with Crippen molar-refractivity contribution < 1.29 is 4.74 Å². The van der Waals surface area contributed by atoms with Crippen molar-refractivity contribution in [2.45, 2.75) is 88.7 Å². The maximum atomic E-state index is 6.24. The van der Waals surface area contributed by atoms with E-state index in [0.717, 1.165) is 18.9 Å². The monoisotopic (exact) mass is 402 g/mol. The lowest BCUT2D eigenvalue weighted by molar-refractivity contribution is 0.0548. The summed E-state index contributed by atoms with van der Waals surface area (Å²) < 4.78 is 8.36. The number of aromatic nitrogens is 2. The number of thioether (sulfide) groups is 1. The van der Waals surface area contributed by atoms with Crippen LogP contribution in [0.4, 0.5) is 0 Å². The third-order valence-corrected chi connectivity index (χ3v) is 6.15. The maximum absolute atomic E-state index is 6.24. The number of nitrogens with zero attached hydrogens (tertiary/aromatic N) is 2. The third-order valence-electron chi connectivity index (χ3n) is 5.00. The van der Waals surface area contributed by atoms with E-state index in [9.17, 15) is 0 Å². The zero-order valence-electron chi connectivity index (χ0n) is 17.6. The van der Waals surface area contributed by atoms with E-state index in [1.54, 1.807) is 0 Å². The molecule has 28 heavy (non-hydrogen) atoms. The summed E-state index contributed by atoms with van der Waals surface area (Å²) in [7, 11) is 0. The summed E-state index contributed by atoms with van der Waals surface area (Å²) in [5.74, 6) is 0.972. The highest BCUT2D eigenvalue weighted by Crippen LogP contribution is 2.20. The lowest BCUT2D eigenvalue weighted by Gasteiger charge is -2.18. The molecule has 0 saturated carbocycles. The predicted molar refractivity (Wildman–Crippen MR) is 121 cm³/mol. The van der Waals surface area contributed by atoms with Crippen LogP contribution in [-0.4, -0.2) is 28.0 Å². The minimum atomic E-state index is 0.220. The van der Waals surface area contributed by atoms with Gasteiger partial charge in [0.2, 0.25) is 0 Å². The molecule has 0 saturated heterocycles. The van der Waals surface area contributed by atoms with Crippen molar-refractivity contribution in [2.75, 3.05) is 12.4 Å². The fourth-order valence-corrected chi connectivity index (χ4v) is 4.26. The largest absolute Gasteiger partial charge is 0.375 e. The number of benzene rings is 1. The summed E-state index contributed by atoms with van der Waals surface area (Å²) in [6, 6.07) is 10.6. The SMILES string of the molecule is CCCCCCCCCCCCOC(CSc1ccccc1)Cn1ccnc1. The zero-order valence-corrected chi connectivity index (χ0v) is 18.4. The average Bonchev–Trinajstić information content (AvgIpc) is 3.24. The van der Waals surface area contributed by atoms with Gasteiger partial charge in [0.15, 0.2) is 0 Å². The first-order valence-corrected chi connectivity index (χ1v) is 12.1. The molecule has 0 fully saturated rings. The van der Waals surface area contributed by atoms with E-state index in [1.165, 1.54) is 69.1 Å². The highest BCUT2D eigenvalue weighted by Gasteiger charge is 2.11. The van der Waals surface area contributed by atoms with Crippen molar-refractivity contribution in [1.82, 2.24) is 9.55 Å². The van der Waals surface area contributed by atoms with Crippen molar-refractivity contribution in [3.63, 3.8) is 0 Å². The highest BCUT2D eigenvalue weighted by atomic mass is 32.2. The van der Waals surface area contributed by atoms with Gasteiger partial charge in [-0.3, -0.25) is 0 Å². The van der Waals surface area contributed by atoms with Crippen LogP contribution in [0.2, 0.25) is 0 Å². The molecule has 0 N–H and O–H groups in total. The normalized spacial score (nSPS) is 12.3. The molecule has 2 rings (SSSR count). The van der Waals surface area contributed by atoms with E-state index in [1.807, 2.05) is 30.5 Å². The summed E-state index contributed by atoms with van der Waals surface area (Å²) in [5, 5.41) is 0. The Morgan fingerprint density at radius 3 is 2.25 bits per heavy atom. The minimum absolute atomic E-state index is 0.220. The first kappa shape index (κ1) is 23.0. The Balaban J connectivity index is 1.57. The van der Waals surface area contributed by atoms with Gasteiger partial charge in [-0.2, -0.15) is 0 Å². The highest BCUT2D eigenvalue weighted by molar-refractivity contribution is 7.99. The Labute approximate surface area is 176 Å². The summed E-state index contributed by atoms with van der Waals surface area (Å²) >= 11 is 1.87. The summed E-state index contributed by atoms with van der Waals surface area (Å²) in [4.78, 5) is 5.46. The maximum Gasteiger partial charge on any atom is 0.0946 e. The van der Waals surface area contributed by atoms with Gasteiger partial charge in [0.05, 0.1) is 19.0 Å². The predicted octanol–water partition coefficient (Wildman–Crippen LogP) is 6.98. The Kier molecular flexibility index (Phi) is 12.9. The number of ether oxygens (including phenoxy) is 1. The lowest BCUT2D eigenvalue weighted by atomic mass is 10.1. The van der Waals surface area contributed by atoms with Crippen molar-refractivity contribution in [1.29, 1.82) is 0 Å². The molecule has 1 aromatic heterocycles. The molecule has 1 atom stereocenters. The van der Waals surface area contributed by atoms with E-state index in [0.29, 0.717) is 0 Å². The molecular formula is C24H38N2OS. The zero-order chi connectivity index (χ0) is 19.7. The molecule has 2 aromatic rings. The quantitative estimate of drug-likeness (QED) is 0.211. The molecule has 0 spiro atoms. The van der Waals surface area contributed by atoms with Crippen LogP contribution in [0.5, 0.6) is 0 Å².